The minimum atomic E-state index is -0.603. The van der Waals surface area contributed by atoms with Gasteiger partial charge in [-0.25, -0.2) is 4.39 Å². The van der Waals surface area contributed by atoms with Gasteiger partial charge in [-0.1, -0.05) is 0 Å². The number of pyridine rings is 1. The first-order valence-electron chi connectivity index (χ1n) is 4.97. The van der Waals surface area contributed by atoms with Gasteiger partial charge in [-0.05, 0) is 34.1 Å². The Morgan fingerprint density at radius 3 is 2.83 bits per heavy atom. The van der Waals surface area contributed by atoms with Crippen molar-refractivity contribution >= 4 is 27.5 Å². The predicted molar refractivity (Wildman–Crippen MR) is 68.0 cm³/mol. The summed E-state index contributed by atoms with van der Waals surface area (Å²) in [5.41, 5.74) is 0.513. The summed E-state index contributed by atoms with van der Waals surface area (Å²) >= 11 is 3.23. The number of carbonyl (C=O) groups is 1. The molecule has 0 aliphatic carbocycles. The van der Waals surface area contributed by atoms with Crippen molar-refractivity contribution in [2.45, 2.75) is 0 Å². The van der Waals surface area contributed by atoms with Crippen LogP contribution in [0.5, 0.6) is 5.75 Å². The molecule has 1 aromatic heterocycles. The molecule has 0 aliphatic rings. The fourth-order valence-electron chi connectivity index (χ4n) is 1.36. The molecule has 0 spiro atoms. The number of amides is 1. The van der Waals surface area contributed by atoms with Gasteiger partial charge >= 0.3 is 0 Å². The second-order valence-corrected chi connectivity index (χ2v) is 4.33. The molecule has 0 fully saturated rings. The van der Waals surface area contributed by atoms with Gasteiger partial charge in [0.25, 0.3) is 5.91 Å². The van der Waals surface area contributed by atoms with E-state index in [0.717, 1.165) is 12.1 Å². The number of aromatic nitrogens is 1. The number of phenolic OH excluding ortho intramolecular Hbond substituents is 1. The van der Waals surface area contributed by atoms with E-state index in [-0.39, 0.29) is 5.56 Å². The number of hydrogen-bond acceptors (Lipinski definition) is 3. The lowest BCUT2D eigenvalue weighted by Gasteiger charge is -2.08. The van der Waals surface area contributed by atoms with Gasteiger partial charge in [0, 0.05) is 18.5 Å². The summed E-state index contributed by atoms with van der Waals surface area (Å²) in [5, 5.41) is 12.1. The maximum atomic E-state index is 12.8. The van der Waals surface area contributed by atoms with Gasteiger partial charge in [0.15, 0.2) is 0 Å². The average Bonchev–Trinajstić information content (AvgIpc) is 2.32. The molecule has 2 N–H and O–H groups in total. The highest BCUT2D eigenvalue weighted by atomic mass is 79.9. The number of aromatic hydroxyl groups is 1. The molecule has 0 radical (unpaired) electrons. The Bertz CT molecular complexity index is 604. The predicted octanol–water partition coefficient (Wildman–Crippen LogP) is 2.94. The van der Waals surface area contributed by atoms with Crippen molar-refractivity contribution < 1.29 is 14.3 Å². The van der Waals surface area contributed by atoms with Crippen LogP contribution in [-0.2, 0) is 0 Å². The van der Waals surface area contributed by atoms with E-state index in [0.29, 0.717) is 10.2 Å². The lowest BCUT2D eigenvalue weighted by Crippen LogP contribution is -2.12. The lowest BCUT2D eigenvalue weighted by atomic mass is 10.2. The summed E-state index contributed by atoms with van der Waals surface area (Å²) in [7, 11) is 0. The highest BCUT2D eigenvalue weighted by Crippen LogP contribution is 2.23. The minimum absolute atomic E-state index is 0.000104. The Morgan fingerprint density at radius 1 is 1.39 bits per heavy atom. The number of benzene rings is 1. The topological polar surface area (TPSA) is 62.2 Å². The zero-order chi connectivity index (χ0) is 13.1. The fourth-order valence-corrected chi connectivity index (χ4v) is 1.71. The molecule has 1 amide bonds. The molecule has 0 saturated carbocycles. The van der Waals surface area contributed by atoms with E-state index in [1.165, 1.54) is 18.5 Å². The van der Waals surface area contributed by atoms with Gasteiger partial charge in [0.1, 0.15) is 11.6 Å². The van der Waals surface area contributed by atoms with E-state index in [1.54, 1.807) is 6.07 Å². The maximum absolute atomic E-state index is 12.8. The van der Waals surface area contributed by atoms with Crippen LogP contribution < -0.4 is 5.32 Å². The molecule has 1 heterocycles. The molecule has 2 aromatic rings. The number of hydrogen-bond donors (Lipinski definition) is 2. The lowest BCUT2D eigenvalue weighted by molar-refractivity contribution is 0.102. The fraction of sp³-hybridized carbons (Fsp3) is 0. The Labute approximate surface area is 111 Å². The van der Waals surface area contributed by atoms with E-state index in [1.807, 2.05) is 0 Å². The molecule has 0 unspecified atom stereocenters. The molecular formula is C12H8BrFN2O2. The standard InChI is InChI=1S/C12H8BrFN2O2/c13-9-6-15-4-3-10(9)16-12(18)8-2-1-7(14)5-11(8)17/h1-6,17H,(H,15,16,18). The van der Waals surface area contributed by atoms with Gasteiger partial charge in [-0.15, -0.1) is 0 Å². The first kappa shape index (κ1) is 12.5. The summed E-state index contributed by atoms with van der Waals surface area (Å²) in [6.07, 6.45) is 3.05. The van der Waals surface area contributed by atoms with Gasteiger partial charge in [0.05, 0.1) is 15.7 Å². The number of nitrogens with one attached hydrogen (secondary N) is 1. The maximum Gasteiger partial charge on any atom is 0.259 e. The number of rotatable bonds is 2. The SMILES string of the molecule is O=C(Nc1ccncc1Br)c1ccc(F)cc1O. The highest BCUT2D eigenvalue weighted by Gasteiger charge is 2.13. The van der Waals surface area contributed by atoms with E-state index in [4.69, 9.17) is 0 Å². The Hall–Kier alpha value is -1.95. The Morgan fingerprint density at radius 2 is 2.17 bits per heavy atom. The molecule has 92 valence electrons. The third-order valence-corrected chi connectivity index (χ3v) is 2.86. The van der Waals surface area contributed by atoms with E-state index < -0.39 is 17.5 Å². The van der Waals surface area contributed by atoms with E-state index in [2.05, 4.69) is 26.2 Å². The van der Waals surface area contributed by atoms with Crippen LogP contribution in [0.4, 0.5) is 10.1 Å². The molecule has 0 bridgehead atoms. The number of phenols is 1. The monoisotopic (exact) mass is 310 g/mol. The quantitative estimate of drug-likeness (QED) is 0.896. The van der Waals surface area contributed by atoms with Crippen LogP contribution in [0.1, 0.15) is 10.4 Å². The first-order chi connectivity index (χ1) is 8.58. The molecular weight excluding hydrogens is 303 g/mol. The Kier molecular flexibility index (Phi) is 3.57. The minimum Gasteiger partial charge on any atom is -0.507 e. The number of nitrogens with zero attached hydrogens (tertiary/aromatic N) is 1. The molecule has 6 heteroatoms. The van der Waals surface area contributed by atoms with Crippen molar-refractivity contribution in [1.82, 2.24) is 4.98 Å². The van der Waals surface area contributed by atoms with Gasteiger partial charge in [0.2, 0.25) is 0 Å². The van der Waals surface area contributed by atoms with E-state index in [9.17, 15) is 14.3 Å². The third kappa shape index (κ3) is 2.65. The van der Waals surface area contributed by atoms with Crippen LogP contribution in [-0.4, -0.2) is 16.0 Å². The van der Waals surface area contributed by atoms with Crippen molar-refractivity contribution in [2.75, 3.05) is 5.32 Å². The van der Waals surface area contributed by atoms with Gasteiger partial charge in [-0.3, -0.25) is 9.78 Å². The summed E-state index contributed by atoms with van der Waals surface area (Å²) in [4.78, 5) is 15.7. The molecule has 0 saturated heterocycles. The molecule has 2 rings (SSSR count). The molecule has 0 atom stereocenters. The summed E-state index contributed by atoms with van der Waals surface area (Å²) in [6, 6.07) is 4.81. The summed E-state index contributed by atoms with van der Waals surface area (Å²) in [6.45, 7) is 0. The zero-order valence-electron chi connectivity index (χ0n) is 9.02. The highest BCUT2D eigenvalue weighted by molar-refractivity contribution is 9.10. The smallest absolute Gasteiger partial charge is 0.259 e. The van der Waals surface area contributed by atoms with Crippen molar-refractivity contribution in [1.29, 1.82) is 0 Å². The number of carbonyl (C=O) groups excluding carboxylic acids is 1. The van der Waals surface area contributed by atoms with Gasteiger partial charge in [-0.2, -0.15) is 0 Å². The van der Waals surface area contributed by atoms with Crippen molar-refractivity contribution in [2.24, 2.45) is 0 Å². The van der Waals surface area contributed by atoms with Crippen LogP contribution in [0.3, 0.4) is 0 Å². The second-order valence-electron chi connectivity index (χ2n) is 3.47. The first-order valence-corrected chi connectivity index (χ1v) is 5.76. The Balaban J connectivity index is 2.25. The molecule has 18 heavy (non-hydrogen) atoms. The number of anilines is 1. The largest absolute Gasteiger partial charge is 0.507 e. The molecule has 1 aromatic carbocycles. The normalized spacial score (nSPS) is 10.1. The molecule has 0 aliphatic heterocycles. The van der Waals surface area contributed by atoms with Crippen molar-refractivity contribution in [3.8, 4) is 5.75 Å². The van der Waals surface area contributed by atoms with Crippen molar-refractivity contribution in [3.05, 3.63) is 52.5 Å². The number of halogens is 2. The summed E-state index contributed by atoms with van der Waals surface area (Å²) in [5.74, 6) is -1.54. The van der Waals surface area contributed by atoms with Gasteiger partial charge < -0.3 is 10.4 Å². The zero-order valence-corrected chi connectivity index (χ0v) is 10.6. The summed E-state index contributed by atoms with van der Waals surface area (Å²) < 4.78 is 13.4. The van der Waals surface area contributed by atoms with Crippen LogP contribution in [0.15, 0.2) is 41.1 Å². The second kappa shape index (κ2) is 5.14. The van der Waals surface area contributed by atoms with Crippen molar-refractivity contribution in [3.63, 3.8) is 0 Å². The van der Waals surface area contributed by atoms with Crippen LogP contribution in [0.2, 0.25) is 0 Å². The van der Waals surface area contributed by atoms with Crippen LogP contribution >= 0.6 is 15.9 Å². The average molecular weight is 311 g/mol. The molecule has 4 nitrogen and oxygen atoms in total. The third-order valence-electron chi connectivity index (χ3n) is 2.23. The van der Waals surface area contributed by atoms with Crippen LogP contribution in [0.25, 0.3) is 0 Å². The van der Waals surface area contributed by atoms with E-state index >= 15 is 0 Å². The van der Waals surface area contributed by atoms with Crippen LogP contribution in [0, 0.1) is 5.82 Å².